The third-order valence-electron chi connectivity index (χ3n) is 2.13. The SMILES string of the molecule is CC.Cc1cc(N)cc(C(=O)N(C)CCO)c1. The van der Waals surface area contributed by atoms with Crippen LogP contribution in [0.2, 0.25) is 0 Å². The van der Waals surface area contributed by atoms with E-state index < -0.39 is 0 Å². The highest BCUT2D eigenvalue weighted by molar-refractivity contribution is 5.95. The van der Waals surface area contributed by atoms with Crippen molar-refractivity contribution in [3.63, 3.8) is 0 Å². The van der Waals surface area contributed by atoms with E-state index >= 15 is 0 Å². The molecule has 0 aliphatic rings. The van der Waals surface area contributed by atoms with Gasteiger partial charge in [-0.2, -0.15) is 0 Å². The van der Waals surface area contributed by atoms with Crippen LogP contribution in [-0.4, -0.2) is 36.1 Å². The normalized spacial score (nSPS) is 9.24. The number of benzene rings is 1. The molecule has 0 fully saturated rings. The molecule has 0 aromatic heterocycles. The molecular weight excluding hydrogens is 216 g/mol. The van der Waals surface area contributed by atoms with Crippen LogP contribution in [0.3, 0.4) is 0 Å². The van der Waals surface area contributed by atoms with Gasteiger partial charge in [0.2, 0.25) is 0 Å². The third-order valence-corrected chi connectivity index (χ3v) is 2.13. The fourth-order valence-electron chi connectivity index (χ4n) is 1.41. The van der Waals surface area contributed by atoms with E-state index in [4.69, 9.17) is 10.8 Å². The zero-order valence-electron chi connectivity index (χ0n) is 11.0. The molecule has 0 unspecified atom stereocenters. The van der Waals surface area contributed by atoms with E-state index in [0.29, 0.717) is 17.8 Å². The predicted octanol–water partition coefficient (Wildman–Crippen LogP) is 1.67. The number of carbonyl (C=O) groups is 1. The number of carbonyl (C=O) groups excluding carboxylic acids is 1. The number of nitrogens with two attached hydrogens (primary N) is 1. The van der Waals surface area contributed by atoms with Crippen molar-refractivity contribution >= 4 is 11.6 Å². The molecule has 1 amide bonds. The van der Waals surface area contributed by atoms with Crippen molar-refractivity contribution in [2.24, 2.45) is 0 Å². The maximum Gasteiger partial charge on any atom is 0.253 e. The molecule has 0 aliphatic heterocycles. The Kier molecular flexibility index (Phi) is 6.98. The van der Waals surface area contributed by atoms with Crippen LogP contribution in [0, 0.1) is 6.92 Å². The molecule has 0 heterocycles. The van der Waals surface area contributed by atoms with Gasteiger partial charge in [-0.1, -0.05) is 13.8 Å². The number of aliphatic hydroxyl groups excluding tert-OH is 1. The first-order valence-electron chi connectivity index (χ1n) is 5.78. The standard InChI is InChI=1S/C11H16N2O2.C2H6/c1-8-5-9(7-10(12)6-8)11(15)13(2)3-4-14;1-2/h5-7,14H,3-4,12H2,1-2H3;1-2H3. The molecule has 17 heavy (non-hydrogen) atoms. The second-order valence-electron chi connectivity index (χ2n) is 3.58. The predicted molar refractivity (Wildman–Crippen MR) is 71.0 cm³/mol. The van der Waals surface area contributed by atoms with Crippen LogP contribution in [-0.2, 0) is 0 Å². The van der Waals surface area contributed by atoms with E-state index in [1.54, 1.807) is 19.2 Å². The number of amides is 1. The van der Waals surface area contributed by atoms with Gasteiger partial charge in [0.1, 0.15) is 0 Å². The summed E-state index contributed by atoms with van der Waals surface area (Å²) in [6, 6.07) is 5.23. The summed E-state index contributed by atoms with van der Waals surface area (Å²) < 4.78 is 0. The molecule has 0 saturated heterocycles. The van der Waals surface area contributed by atoms with E-state index in [-0.39, 0.29) is 12.5 Å². The van der Waals surface area contributed by atoms with E-state index in [9.17, 15) is 4.79 Å². The van der Waals surface area contributed by atoms with Crippen molar-refractivity contribution in [3.05, 3.63) is 29.3 Å². The molecule has 0 spiro atoms. The average molecular weight is 238 g/mol. The van der Waals surface area contributed by atoms with Crippen LogP contribution in [0.15, 0.2) is 18.2 Å². The lowest BCUT2D eigenvalue weighted by atomic mass is 10.1. The van der Waals surface area contributed by atoms with Gasteiger partial charge in [0, 0.05) is 24.8 Å². The molecule has 1 aromatic rings. The summed E-state index contributed by atoms with van der Waals surface area (Å²) in [5.74, 6) is -0.126. The molecule has 1 aromatic carbocycles. The topological polar surface area (TPSA) is 66.6 Å². The van der Waals surface area contributed by atoms with Gasteiger partial charge in [0.05, 0.1) is 6.61 Å². The van der Waals surface area contributed by atoms with Gasteiger partial charge in [-0.15, -0.1) is 0 Å². The number of hydrogen-bond acceptors (Lipinski definition) is 3. The number of nitrogens with zero attached hydrogens (tertiary/aromatic N) is 1. The lowest BCUT2D eigenvalue weighted by Crippen LogP contribution is -2.29. The van der Waals surface area contributed by atoms with E-state index in [2.05, 4.69) is 0 Å². The van der Waals surface area contributed by atoms with Gasteiger partial charge < -0.3 is 15.7 Å². The quantitative estimate of drug-likeness (QED) is 0.787. The zero-order chi connectivity index (χ0) is 13.4. The maximum atomic E-state index is 11.8. The average Bonchev–Trinajstić information content (AvgIpc) is 2.29. The van der Waals surface area contributed by atoms with Crippen LogP contribution >= 0.6 is 0 Å². The smallest absolute Gasteiger partial charge is 0.253 e. The summed E-state index contributed by atoms with van der Waals surface area (Å²) in [4.78, 5) is 13.3. The Hall–Kier alpha value is -1.55. The lowest BCUT2D eigenvalue weighted by Gasteiger charge is -2.16. The Bertz CT molecular complexity index is 344. The Morgan fingerprint density at radius 1 is 1.35 bits per heavy atom. The number of aliphatic hydroxyl groups is 1. The Morgan fingerprint density at radius 2 is 1.94 bits per heavy atom. The van der Waals surface area contributed by atoms with Crippen LogP contribution in [0.25, 0.3) is 0 Å². The zero-order valence-corrected chi connectivity index (χ0v) is 11.0. The van der Waals surface area contributed by atoms with Gasteiger partial charge in [-0.05, 0) is 30.7 Å². The molecule has 0 saturated carbocycles. The maximum absolute atomic E-state index is 11.8. The molecule has 0 atom stereocenters. The second kappa shape index (κ2) is 7.68. The molecule has 96 valence electrons. The van der Waals surface area contributed by atoms with E-state index in [0.717, 1.165) is 5.56 Å². The number of hydrogen-bond donors (Lipinski definition) is 2. The first kappa shape index (κ1) is 15.4. The van der Waals surface area contributed by atoms with Gasteiger partial charge >= 0.3 is 0 Å². The molecule has 1 rings (SSSR count). The first-order chi connectivity index (χ1) is 8.04. The Labute approximate surface area is 103 Å². The highest BCUT2D eigenvalue weighted by Crippen LogP contribution is 2.12. The minimum Gasteiger partial charge on any atom is -0.399 e. The van der Waals surface area contributed by atoms with Crippen LogP contribution in [0.5, 0.6) is 0 Å². The Balaban J connectivity index is 0.00000121. The van der Waals surface area contributed by atoms with Crippen LogP contribution in [0.4, 0.5) is 5.69 Å². The highest BCUT2D eigenvalue weighted by Gasteiger charge is 2.11. The number of aryl methyl sites for hydroxylation is 1. The Morgan fingerprint density at radius 3 is 2.41 bits per heavy atom. The monoisotopic (exact) mass is 238 g/mol. The highest BCUT2D eigenvalue weighted by atomic mass is 16.3. The number of anilines is 1. The molecule has 0 aliphatic carbocycles. The third kappa shape index (κ3) is 4.87. The van der Waals surface area contributed by atoms with Crippen molar-refractivity contribution in [1.29, 1.82) is 0 Å². The van der Waals surface area contributed by atoms with Gasteiger partial charge in [0.15, 0.2) is 0 Å². The minimum absolute atomic E-state index is 0.0382. The molecule has 0 radical (unpaired) electrons. The summed E-state index contributed by atoms with van der Waals surface area (Å²) >= 11 is 0. The molecule has 4 heteroatoms. The van der Waals surface area contributed by atoms with Crippen molar-refractivity contribution in [2.45, 2.75) is 20.8 Å². The van der Waals surface area contributed by atoms with Crippen molar-refractivity contribution in [1.82, 2.24) is 4.90 Å². The molecule has 3 N–H and O–H groups in total. The summed E-state index contributed by atoms with van der Waals surface area (Å²) in [5.41, 5.74) is 7.74. The van der Waals surface area contributed by atoms with E-state index in [1.165, 1.54) is 4.90 Å². The minimum atomic E-state index is -0.126. The lowest BCUT2D eigenvalue weighted by molar-refractivity contribution is 0.0767. The molecule has 4 nitrogen and oxygen atoms in total. The fraction of sp³-hybridized carbons (Fsp3) is 0.462. The fourth-order valence-corrected chi connectivity index (χ4v) is 1.41. The molecular formula is C13H22N2O2. The van der Waals surface area contributed by atoms with Crippen molar-refractivity contribution < 1.29 is 9.90 Å². The summed E-state index contributed by atoms with van der Waals surface area (Å²) in [5, 5.41) is 8.72. The number of rotatable bonds is 3. The van der Waals surface area contributed by atoms with Gasteiger partial charge in [-0.25, -0.2) is 0 Å². The second-order valence-corrected chi connectivity index (χ2v) is 3.58. The van der Waals surface area contributed by atoms with Crippen LogP contribution < -0.4 is 5.73 Å². The number of nitrogen functional groups attached to an aromatic ring is 1. The van der Waals surface area contributed by atoms with Crippen molar-refractivity contribution in [2.75, 3.05) is 25.9 Å². The van der Waals surface area contributed by atoms with Gasteiger partial charge in [-0.3, -0.25) is 4.79 Å². The van der Waals surface area contributed by atoms with Crippen LogP contribution in [0.1, 0.15) is 29.8 Å². The van der Waals surface area contributed by atoms with Gasteiger partial charge in [0.25, 0.3) is 5.91 Å². The summed E-state index contributed by atoms with van der Waals surface area (Å²) in [7, 11) is 1.65. The largest absolute Gasteiger partial charge is 0.399 e. The summed E-state index contributed by atoms with van der Waals surface area (Å²) in [6.07, 6.45) is 0. The van der Waals surface area contributed by atoms with Crippen molar-refractivity contribution in [3.8, 4) is 0 Å². The molecule has 0 bridgehead atoms. The number of likely N-dealkylation sites (N-methyl/N-ethyl adjacent to an activating group) is 1. The van der Waals surface area contributed by atoms with E-state index in [1.807, 2.05) is 26.8 Å². The first-order valence-corrected chi connectivity index (χ1v) is 5.78. The summed E-state index contributed by atoms with van der Waals surface area (Å²) in [6.45, 7) is 6.18.